The Hall–Kier alpha value is -2.82. The van der Waals surface area contributed by atoms with E-state index in [0.29, 0.717) is 24.7 Å². The van der Waals surface area contributed by atoms with Gasteiger partial charge in [0, 0.05) is 42.8 Å². The number of imidazole rings is 1. The van der Waals surface area contributed by atoms with Crippen molar-refractivity contribution in [3.8, 4) is 11.5 Å². The van der Waals surface area contributed by atoms with Crippen molar-refractivity contribution < 1.29 is 14.3 Å². The van der Waals surface area contributed by atoms with Gasteiger partial charge < -0.3 is 13.9 Å². The van der Waals surface area contributed by atoms with Crippen molar-refractivity contribution in [2.45, 2.75) is 38.5 Å². The smallest absolute Gasteiger partial charge is 0.171 e. The SMILES string of the molecule is CCOc1cc2nc(C3CC3)cn2cc1CC(=O)c1cccc2c1OCC2. The lowest BCUT2D eigenvalue weighted by atomic mass is 10.00. The number of ether oxygens (including phenoxy) is 2. The van der Waals surface area contributed by atoms with Gasteiger partial charge in [-0.05, 0) is 31.4 Å². The lowest BCUT2D eigenvalue weighted by Crippen LogP contribution is -2.08. The van der Waals surface area contributed by atoms with Crippen LogP contribution in [0.25, 0.3) is 5.65 Å². The number of fused-ring (bicyclic) bond motifs is 2. The maximum atomic E-state index is 13.0. The van der Waals surface area contributed by atoms with E-state index in [4.69, 9.17) is 14.5 Å². The molecule has 0 saturated heterocycles. The Morgan fingerprint density at radius 3 is 3.04 bits per heavy atom. The average Bonchev–Trinajstić information content (AvgIpc) is 3.26. The highest BCUT2D eigenvalue weighted by atomic mass is 16.5. The first kappa shape index (κ1) is 16.4. The first-order chi connectivity index (χ1) is 13.2. The van der Waals surface area contributed by atoms with Crippen LogP contribution in [0.5, 0.6) is 11.5 Å². The van der Waals surface area contributed by atoms with Crippen LogP contribution in [0.3, 0.4) is 0 Å². The van der Waals surface area contributed by atoms with Crippen LogP contribution in [0.4, 0.5) is 0 Å². The van der Waals surface area contributed by atoms with Crippen molar-refractivity contribution >= 4 is 11.4 Å². The fraction of sp³-hybridized carbons (Fsp3) is 0.364. The summed E-state index contributed by atoms with van der Waals surface area (Å²) in [5.41, 5.74) is 4.67. The van der Waals surface area contributed by atoms with E-state index in [1.54, 1.807) is 0 Å². The summed E-state index contributed by atoms with van der Waals surface area (Å²) in [5.74, 6) is 2.13. The molecule has 5 nitrogen and oxygen atoms in total. The Balaban J connectivity index is 1.50. The molecule has 5 rings (SSSR count). The van der Waals surface area contributed by atoms with Gasteiger partial charge in [0.25, 0.3) is 0 Å². The first-order valence-electron chi connectivity index (χ1n) is 9.65. The van der Waals surface area contributed by atoms with Crippen molar-refractivity contribution in [2.24, 2.45) is 0 Å². The van der Waals surface area contributed by atoms with Crippen LogP contribution in [-0.2, 0) is 12.8 Å². The third-order valence-electron chi connectivity index (χ3n) is 5.31. The summed E-state index contributed by atoms with van der Waals surface area (Å²) in [6.45, 7) is 3.15. The number of Topliss-reactive ketones (excluding diaryl/α,β-unsaturated/α-hetero) is 1. The number of ketones is 1. The van der Waals surface area contributed by atoms with E-state index in [2.05, 4.69) is 6.20 Å². The Morgan fingerprint density at radius 2 is 2.22 bits per heavy atom. The van der Waals surface area contributed by atoms with E-state index in [1.165, 1.54) is 12.8 Å². The molecule has 2 aliphatic rings. The third-order valence-corrected chi connectivity index (χ3v) is 5.31. The van der Waals surface area contributed by atoms with Crippen molar-refractivity contribution in [3.05, 3.63) is 59.0 Å². The van der Waals surface area contributed by atoms with Gasteiger partial charge in [-0.2, -0.15) is 0 Å². The van der Waals surface area contributed by atoms with Gasteiger partial charge in [-0.3, -0.25) is 4.79 Å². The van der Waals surface area contributed by atoms with Gasteiger partial charge in [-0.1, -0.05) is 12.1 Å². The van der Waals surface area contributed by atoms with Crippen LogP contribution in [0.2, 0.25) is 0 Å². The number of benzene rings is 1. The zero-order valence-corrected chi connectivity index (χ0v) is 15.4. The number of nitrogens with zero attached hydrogens (tertiary/aromatic N) is 2. The molecular weight excluding hydrogens is 340 g/mol. The predicted molar refractivity (Wildman–Crippen MR) is 102 cm³/mol. The van der Waals surface area contributed by atoms with Gasteiger partial charge in [0.2, 0.25) is 0 Å². The lowest BCUT2D eigenvalue weighted by molar-refractivity contribution is 0.0988. The topological polar surface area (TPSA) is 52.8 Å². The van der Waals surface area contributed by atoms with Gasteiger partial charge in [-0.15, -0.1) is 0 Å². The van der Waals surface area contributed by atoms with E-state index in [1.807, 2.05) is 41.8 Å². The number of carbonyl (C=O) groups excluding carboxylic acids is 1. The van der Waals surface area contributed by atoms with Gasteiger partial charge in [0.1, 0.15) is 17.1 Å². The van der Waals surface area contributed by atoms with Crippen LogP contribution in [-0.4, -0.2) is 28.4 Å². The van der Waals surface area contributed by atoms with Gasteiger partial charge in [0.15, 0.2) is 5.78 Å². The van der Waals surface area contributed by atoms with Crippen LogP contribution in [0.1, 0.15) is 52.9 Å². The summed E-state index contributed by atoms with van der Waals surface area (Å²) in [6, 6.07) is 7.77. The quantitative estimate of drug-likeness (QED) is 0.623. The molecule has 0 spiro atoms. The minimum Gasteiger partial charge on any atom is -0.493 e. The molecule has 1 aliphatic carbocycles. The van der Waals surface area contributed by atoms with E-state index in [9.17, 15) is 4.79 Å². The molecule has 1 saturated carbocycles. The van der Waals surface area contributed by atoms with Crippen molar-refractivity contribution in [3.63, 3.8) is 0 Å². The number of aromatic nitrogens is 2. The number of rotatable bonds is 6. The molecule has 138 valence electrons. The molecule has 5 heteroatoms. The predicted octanol–water partition coefficient (Wildman–Crippen LogP) is 3.97. The highest BCUT2D eigenvalue weighted by Gasteiger charge is 2.27. The molecule has 0 amide bonds. The number of hydrogen-bond acceptors (Lipinski definition) is 4. The second kappa shape index (κ2) is 6.41. The summed E-state index contributed by atoms with van der Waals surface area (Å²) in [7, 11) is 0. The molecule has 1 aliphatic heterocycles. The highest BCUT2D eigenvalue weighted by Crippen LogP contribution is 2.39. The fourth-order valence-electron chi connectivity index (χ4n) is 3.78. The van der Waals surface area contributed by atoms with E-state index < -0.39 is 0 Å². The number of pyridine rings is 1. The zero-order chi connectivity index (χ0) is 18.4. The maximum absolute atomic E-state index is 13.0. The Labute approximate surface area is 157 Å². The Morgan fingerprint density at radius 1 is 1.33 bits per heavy atom. The van der Waals surface area contributed by atoms with Crippen LogP contribution in [0.15, 0.2) is 36.7 Å². The molecule has 1 aromatic carbocycles. The second-order valence-electron chi connectivity index (χ2n) is 7.29. The largest absolute Gasteiger partial charge is 0.493 e. The standard InChI is InChI=1S/C22H22N2O3/c1-2-26-20-11-21-23-18(14-6-7-14)13-24(21)12-16(20)10-19(25)17-5-3-4-15-8-9-27-22(15)17/h3-5,11-14H,2,6-10H2,1H3. The van der Waals surface area contributed by atoms with Gasteiger partial charge >= 0.3 is 0 Å². The van der Waals surface area contributed by atoms with Gasteiger partial charge in [-0.25, -0.2) is 4.98 Å². The highest BCUT2D eigenvalue weighted by molar-refractivity contribution is 6.00. The van der Waals surface area contributed by atoms with Crippen LogP contribution < -0.4 is 9.47 Å². The zero-order valence-electron chi connectivity index (χ0n) is 15.4. The Bertz CT molecular complexity index is 1030. The summed E-state index contributed by atoms with van der Waals surface area (Å²) < 4.78 is 13.5. The number of hydrogen-bond donors (Lipinski definition) is 0. The first-order valence-corrected chi connectivity index (χ1v) is 9.65. The molecule has 27 heavy (non-hydrogen) atoms. The monoisotopic (exact) mass is 362 g/mol. The summed E-state index contributed by atoms with van der Waals surface area (Å²) in [5, 5.41) is 0. The molecule has 0 bridgehead atoms. The number of para-hydroxylation sites is 1. The van der Waals surface area contributed by atoms with E-state index in [-0.39, 0.29) is 12.2 Å². The molecule has 0 unspecified atom stereocenters. The minimum atomic E-state index is 0.0524. The van der Waals surface area contributed by atoms with Crippen LogP contribution >= 0.6 is 0 Å². The average molecular weight is 362 g/mol. The summed E-state index contributed by atoms with van der Waals surface area (Å²) >= 11 is 0. The summed E-state index contributed by atoms with van der Waals surface area (Å²) in [4.78, 5) is 17.8. The summed E-state index contributed by atoms with van der Waals surface area (Å²) in [6.07, 6.45) is 7.65. The van der Waals surface area contributed by atoms with E-state index in [0.717, 1.165) is 40.4 Å². The fourth-order valence-corrected chi connectivity index (χ4v) is 3.78. The van der Waals surface area contributed by atoms with Crippen molar-refractivity contribution in [2.75, 3.05) is 13.2 Å². The number of carbonyl (C=O) groups is 1. The normalized spacial score (nSPS) is 15.6. The molecule has 3 aromatic rings. The van der Waals surface area contributed by atoms with E-state index >= 15 is 0 Å². The second-order valence-corrected chi connectivity index (χ2v) is 7.29. The van der Waals surface area contributed by atoms with Gasteiger partial charge in [0.05, 0.1) is 24.5 Å². The molecule has 0 N–H and O–H groups in total. The third kappa shape index (κ3) is 2.97. The molecule has 0 radical (unpaired) electrons. The van der Waals surface area contributed by atoms with Crippen LogP contribution in [0, 0.1) is 0 Å². The molecule has 0 atom stereocenters. The molecule has 2 aromatic heterocycles. The maximum Gasteiger partial charge on any atom is 0.171 e. The molecular formula is C22H22N2O3. The van der Waals surface area contributed by atoms with Crippen molar-refractivity contribution in [1.82, 2.24) is 9.38 Å². The minimum absolute atomic E-state index is 0.0524. The Kier molecular flexibility index (Phi) is 3.88. The molecule has 1 fully saturated rings. The lowest BCUT2D eigenvalue weighted by Gasteiger charge is -2.12. The van der Waals surface area contributed by atoms with Crippen molar-refractivity contribution in [1.29, 1.82) is 0 Å². The molecule has 3 heterocycles.